The van der Waals surface area contributed by atoms with Crippen molar-refractivity contribution in [1.82, 2.24) is 4.72 Å². The highest BCUT2D eigenvalue weighted by atomic mass is 32.2. The van der Waals surface area contributed by atoms with Gasteiger partial charge in [0.25, 0.3) is 0 Å². The second-order valence-corrected chi connectivity index (χ2v) is 9.13. The number of hydrogen-bond donors (Lipinski definition) is 1. The SMILES string of the molecule is CCCS(=O)(=O)C(CC)NS(=O)(=O)c1cc(F)cc(C(=O)OC)c1F. The Morgan fingerprint density at radius 1 is 1.20 bits per heavy atom. The molecule has 0 saturated heterocycles. The van der Waals surface area contributed by atoms with Crippen LogP contribution >= 0.6 is 0 Å². The second-order valence-electron chi connectivity index (χ2n) is 5.14. The summed E-state index contributed by atoms with van der Waals surface area (Å²) in [6.45, 7) is 3.04. The number of ether oxygens (including phenoxy) is 1. The zero-order valence-electron chi connectivity index (χ0n) is 13.9. The van der Waals surface area contributed by atoms with Crippen molar-refractivity contribution in [3.63, 3.8) is 0 Å². The number of sulfonamides is 1. The van der Waals surface area contributed by atoms with Gasteiger partial charge in [0.15, 0.2) is 15.7 Å². The van der Waals surface area contributed by atoms with Gasteiger partial charge in [0.05, 0.1) is 18.4 Å². The minimum absolute atomic E-state index is 0.109. The third-order valence-corrected chi connectivity index (χ3v) is 7.19. The molecule has 0 aliphatic carbocycles. The zero-order valence-corrected chi connectivity index (χ0v) is 15.5. The van der Waals surface area contributed by atoms with E-state index in [1.54, 1.807) is 6.92 Å². The molecule has 0 amide bonds. The highest BCUT2D eigenvalue weighted by Gasteiger charge is 2.32. The molecular formula is C14H19F2NO6S2. The van der Waals surface area contributed by atoms with E-state index in [1.807, 2.05) is 4.72 Å². The number of nitrogens with one attached hydrogen (secondary N) is 1. The predicted molar refractivity (Wildman–Crippen MR) is 86.2 cm³/mol. The summed E-state index contributed by atoms with van der Waals surface area (Å²) in [7, 11) is -7.64. The summed E-state index contributed by atoms with van der Waals surface area (Å²) in [6.07, 6.45) is 0.156. The lowest BCUT2D eigenvalue weighted by Gasteiger charge is -2.18. The molecule has 7 nitrogen and oxygen atoms in total. The average Bonchev–Trinajstić information content (AvgIpc) is 2.53. The Bertz CT molecular complexity index is 852. The fourth-order valence-electron chi connectivity index (χ4n) is 2.09. The molecule has 1 rings (SSSR count). The van der Waals surface area contributed by atoms with E-state index in [2.05, 4.69) is 4.74 Å². The summed E-state index contributed by atoms with van der Waals surface area (Å²) < 4.78 is 83.0. The maximum Gasteiger partial charge on any atom is 0.340 e. The van der Waals surface area contributed by atoms with Gasteiger partial charge < -0.3 is 4.74 Å². The van der Waals surface area contributed by atoms with Gasteiger partial charge in [0, 0.05) is 0 Å². The summed E-state index contributed by atoms with van der Waals surface area (Å²) >= 11 is 0. The van der Waals surface area contributed by atoms with Crippen LogP contribution in [0, 0.1) is 11.6 Å². The van der Waals surface area contributed by atoms with Gasteiger partial charge in [-0.15, -0.1) is 0 Å². The third kappa shape index (κ3) is 4.95. The van der Waals surface area contributed by atoms with E-state index in [0.717, 1.165) is 7.11 Å². The molecule has 1 aromatic carbocycles. The van der Waals surface area contributed by atoms with E-state index in [4.69, 9.17) is 0 Å². The number of rotatable bonds is 8. The molecule has 1 aromatic rings. The van der Waals surface area contributed by atoms with Crippen molar-refractivity contribution in [2.75, 3.05) is 12.9 Å². The normalized spacial score (nSPS) is 13.5. The van der Waals surface area contributed by atoms with Crippen LogP contribution in [0.3, 0.4) is 0 Å². The van der Waals surface area contributed by atoms with E-state index >= 15 is 0 Å². The molecule has 0 spiro atoms. The molecule has 0 aliphatic heterocycles. The van der Waals surface area contributed by atoms with Crippen molar-refractivity contribution in [3.8, 4) is 0 Å². The van der Waals surface area contributed by atoms with Gasteiger partial charge in [0.2, 0.25) is 10.0 Å². The summed E-state index contributed by atoms with van der Waals surface area (Å²) in [5.41, 5.74) is -0.910. The minimum Gasteiger partial charge on any atom is -0.465 e. The molecule has 0 bridgehead atoms. The zero-order chi connectivity index (χ0) is 19.4. The van der Waals surface area contributed by atoms with E-state index in [9.17, 15) is 30.4 Å². The van der Waals surface area contributed by atoms with E-state index in [0.29, 0.717) is 12.1 Å². The largest absolute Gasteiger partial charge is 0.465 e. The maximum atomic E-state index is 14.3. The summed E-state index contributed by atoms with van der Waals surface area (Å²) in [5, 5.41) is -1.50. The Labute approximate surface area is 145 Å². The number of esters is 1. The molecule has 0 aromatic heterocycles. The lowest BCUT2D eigenvalue weighted by molar-refractivity contribution is 0.0594. The van der Waals surface area contributed by atoms with Gasteiger partial charge >= 0.3 is 5.97 Å². The van der Waals surface area contributed by atoms with Gasteiger partial charge in [0.1, 0.15) is 16.1 Å². The number of hydrogen-bond acceptors (Lipinski definition) is 6. The minimum atomic E-state index is -4.74. The molecule has 0 aliphatic rings. The molecule has 0 saturated carbocycles. The molecule has 0 radical (unpaired) electrons. The fraction of sp³-hybridized carbons (Fsp3) is 0.500. The molecule has 1 atom stereocenters. The van der Waals surface area contributed by atoms with Gasteiger partial charge in [-0.25, -0.2) is 30.4 Å². The Kier molecular flexibility index (Phi) is 7.03. The summed E-state index contributed by atoms with van der Waals surface area (Å²) in [5.74, 6) is -4.25. The summed E-state index contributed by atoms with van der Waals surface area (Å²) in [4.78, 5) is 10.3. The van der Waals surface area contributed by atoms with Crippen LogP contribution in [0.5, 0.6) is 0 Å². The molecule has 0 fully saturated rings. The van der Waals surface area contributed by atoms with Crippen molar-refractivity contribution >= 4 is 25.8 Å². The van der Waals surface area contributed by atoms with E-state index in [1.165, 1.54) is 6.92 Å². The molecule has 0 heterocycles. The number of carbonyl (C=O) groups excluding carboxylic acids is 1. The van der Waals surface area contributed by atoms with E-state index in [-0.39, 0.29) is 18.6 Å². The number of halogens is 2. The van der Waals surface area contributed by atoms with Crippen molar-refractivity contribution < 1.29 is 35.1 Å². The lowest BCUT2D eigenvalue weighted by Crippen LogP contribution is -2.41. The molecule has 11 heteroatoms. The number of sulfone groups is 1. The Balaban J connectivity index is 3.40. The smallest absolute Gasteiger partial charge is 0.340 e. The fourth-order valence-corrected chi connectivity index (χ4v) is 5.67. The van der Waals surface area contributed by atoms with Crippen LogP contribution in [0.1, 0.15) is 37.0 Å². The number of methoxy groups -OCH3 is 1. The van der Waals surface area contributed by atoms with Crippen LogP contribution in [0.25, 0.3) is 0 Å². The first-order valence-corrected chi connectivity index (χ1v) is 10.5. The second kappa shape index (κ2) is 8.19. The average molecular weight is 399 g/mol. The van der Waals surface area contributed by atoms with Gasteiger partial charge in [-0.05, 0) is 25.0 Å². The first kappa shape index (κ1) is 21.5. The van der Waals surface area contributed by atoms with Crippen LogP contribution in [0.15, 0.2) is 17.0 Å². The topological polar surface area (TPSA) is 107 Å². The summed E-state index contributed by atoms with van der Waals surface area (Å²) in [6, 6.07) is 0.856. The van der Waals surface area contributed by atoms with Crippen LogP contribution in [0.4, 0.5) is 8.78 Å². The Morgan fingerprint density at radius 2 is 1.80 bits per heavy atom. The van der Waals surface area contributed by atoms with Crippen LogP contribution < -0.4 is 4.72 Å². The molecule has 1 N–H and O–H groups in total. The molecule has 1 unspecified atom stereocenters. The van der Waals surface area contributed by atoms with Crippen molar-refractivity contribution in [3.05, 3.63) is 29.3 Å². The van der Waals surface area contributed by atoms with Gasteiger partial charge in [-0.3, -0.25) is 0 Å². The number of carbonyl (C=O) groups is 1. The highest BCUT2D eigenvalue weighted by molar-refractivity contribution is 7.94. The first-order chi connectivity index (χ1) is 11.5. The quantitative estimate of drug-likeness (QED) is 0.666. The van der Waals surface area contributed by atoms with E-state index < -0.39 is 53.3 Å². The van der Waals surface area contributed by atoms with Crippen molar-refractivity contribution in [2.24, 2.45) is 0 Å². The molecule has 142 valence electrons. The van der Waals surface area contributed by atoms with Crippen LogP contribution in [-0.4, -0.2) is 41.0 Å². The van der Waals surface area contributed by atoms with Crippen molar-refractivity contribution in [2.45, 2.75) is 37.0 Å². The lowest BCUT2D eigenvalue weighted by atomic mass is 10.2. The molecular weight excluding hydrogens is 380 g/mol. The predicted octanol–water partition coefficient (Wildman–Crippen LogP) is 1.59. The van der Waals surface area contributed by atoms with Gasteiger partial charge in [-0.2, -0.15) is 4.72 Å². The standard InChI is InChI=1S/C14H19F2NO6S2/c1-4-6-24(19,20)12(5-2)17-25(21,22)11-8-9(15)7-10(13(11)16)14(18)23-3/h7-8,12,17H,4-6H2,1-3H3. The van der Waals surface area contributed by atoms with Crippen LogP contribution in [-0.2, 0) is 24.6 Å². The first-order valence-electron chi connectivity index (χ1n) is 7.31. The monoisotopic (exact) mass is 399 g/mol. The van der Waals surface area contributed by atoms with Gasteiger partial charge in [-0.1, -0.05) is 13.8 Å². The number of benzene rings is 1. The van der Waals surface area contributed by atoms with Crippen molar-refractivity contribution in [1.29, 1.82) is 0 Å². The third-order valence-electron chi connectivity index (χ3n) is 3.28. The highest BCUT2D eigenvalue weighted by Crippen LogP contribution is 2.22. The maximum absolute atomic E-state index is 14.3. The van der Waals surface area contributed by atoms with Crippen LogP contribution in [0.2, 0.25) is 0 Å². The molecule has 25 heavy (non-hydrogen) atoms. The Morgan fingerprint density at radius 3 is 2.28 bits per heavy atom. The Hall–Kier alpha value is -1.59.